The van der Waals surface area contributed by atoms with E-state index in [9.17, 15) is 25.3 Å². The molecule has 0 saturated heterocycles. The van der Waals surface area contributed by atoms with Crippen LogP contribution in [-0.2, 0) is 11.3 Å². The molecule has 0 fully saturated rings. The second-order valence-electron chi connectivity index (χ2n) is 7.75. The Bertz CT molecular complexity index is 1040. The SMILES string of the molecule is CC1(C)Oc2ccc(C#N)cc2C(n2ccc(CCCCO[N+](=O)[O-])cc2=O)C1O. The van der Waals surface area contributed by atoms with E-state index in [-0.39, 0.29) is 12.2 Å². The van der Waals surface area contributed by atoms with Crippen molar-refractivity contribution in [1.82, 2.24) is 4.57 Å². The average Bonchev–Trinajstić information content (AvgIpc) is 2.69. The fourth-order valence-corrected chi connectivity index (χ4v) is 3.62. The summed E-state index contributed by atoms with van der Waals surface area (Å²) in [4.78, 5) is 27.3. The number of ether oxygens (including phenoxy) is 1. The number of aromatic nitrogens is 1. The molecule has 0 bridgehead atoms. The lowest BCUT2D eigenvalue weighted by molar-refractivity contribution is -0.757. The van der Waals surface area contributed by atoms with Gasteiger partial charge in [-0.3, -0.25) is 4.79 Å². The first-order chi connectivity index (χ1) is 14.2. The van der Waals surface area contributed by atoms with Crippen LogP contribution < -0.4 is 10.3 Å². The number of hydrogen-bond donors (Lipinski definition) is 1. The predicted molar refractivity (Wildman–Crippen MR) is 107 cm³/mol. The van der Waals surface area contributed by atoms with Gasteiger partial charge in [0.25, 0.3) is 10.6 Å². The van der Waals surface area contributed by atoms with Gasteiger partial charge >= 0.3 is 0 Å². The highest BCUT2D eigenvalue weighted by Crippen LogP contribution is 2.41. The molecule has 30 heavy (non-hydrogen) atoms. The minimum atomic E-state index is -1.01. The van der Waals surface area contributed by atoms with E-state index in [1.807, 2.05) is 0 Å². The molecule has 9 heteroatoms. The van der Waals surface area contributed by atoms with Gasteiger partial charge in [-0.15, -0.1) is 10.1 Å². The lowest BCUT2D eigenvalue weighted by atomic mass is 9.85. The highest BCUT2D eigenvalue weighted by molar-refractivity contribution is 5.46. The molecule has 9 nitrogen and oxygen atoms in total. The molecule has 1 aliphatic rings. The number of rotatable bonds is 7. The standard InChI is InChI=1S/C21H23N3O6/c1-21(2)20(26)19(16-11-15(13-22)6-7-17(16)30-21)23-9-8-14(12-18(23)25)5-3-4-10-29-24(27)28/h6-9,11-12,19-20,26H,3-5,10H2,1-2H3. The summed E-state index contributed by atoms with van der Waals surface area (Å²) in [5.74, 6) is 0.524. The predicted octanol–water partition coefficient (Wildman–Crippen LogP) is 2.37. The Hall–Kier alpha value is -3.38. The zero-order chi connectivity index (χ0) is 21.9. The first-order valence-electron chi connectivity index (χ1n) is 9.62. The third-order valence-electron chi connectivity index (χ3n) is 5.21. The van der Waals surface area contributed by atoms with Gasteiger partial charge in [0, 0.05) is 17.8 Å². The molecule has 2 atom stereocenters. The maximum absolute atomic E-state index is 12.9. The number of aliphatic hydroxyl groups excluding tert-OH is 1. The highest BCUT2D eigenvalue weighted by atomic mass is 16.9. The average molecular weight is 413 g/mol. The largest absolute Gasteiger partial charge is 0.485 e. The van der Waals surface area contributed by atoms with Crippen LogP contribution in [0.3, 0.4) is 0 Å². The van der Waals surface area contributed by atoms with Crippen molar-refractivity contribution >= 4 is 0 Å². The van der Waals surface area contributed by atoms with E-state index >= 15 is 0 Å². The summed E-state index contributed by atoms with van der Waals surface area (Å²) in [5.41, 5.74) is 0.567. The molecule has 0 aliphatic carbocycles. The monoisotopic (exact) mass is 413 g/mol. The first-order valence-corrected chi connectivity index (χ1v) is 9.62. The van der Waals surface area contributed by atoms with Crippen molar-refractivity contribution in [2.75, 3.05) is 6.61 Å². The number of benzene rings is 1. The second kappa shape index (κ2) is 8.55. The van der Waals surface area contributed by atoms with Crippen molar-refractivity contribution in [3.63, 3.8) is 0 Å². The molecule has 0 spiro atoms. The van der Waals surface area contributed by atoms with E-state index in [2.05, 4.69) is 10.9 Å². The fourth-order valence-electron chi connectivity index (χ4n) is 3.62. The molecular formula is C21H23N3O6. The smallest absolute Gasteiger partial charge is 0.294 e. The van der Waals surface area contributed by atoms with Crippen LogP contribution in [0.25, 0.3) is 0 Å². The number of fused-ring (bicyclic) bond motifs is 1. The molecule has 158 valence electrons. The maximum Gasteiger partial charge on any atom is 0.294 e. The maximum atomic E-state index is 12.9. The number of nitriles is 1. The third-order valence-corrected chi connectivity index (χ3v) is 5.21. The van der Waals surface area contributed by atoms with E-state index in [1.54, 1.807) is 44.3 Å². The topological polar surface area (TPSA) is 128 Å². The van der Waals surface area contributed by atoms with E-state index in [1.165, 1.54) is 10.6 Å². The summed E-state index contributed by atoms with van der Waals surface area (Å²) in [7, 11) is 0. The Balaban J connectivity index is 1.87. The lowest BCUT2D eigenvalue weighted by Gasteiger charge is -2.42. The second-order valence-corrected chi connectivity index (χ2v) is 7.75. The molecule has 0 radical (unpaired) electrons. The van der Waals surface area contributed by atoms with Crippen LogP contribution in [0.1, 0.15) is 49.4 Å². The molecule has 1 aromatic carbocycles. The van der Waals surface area contributed by atoms with Crippen LogP contribution in [0.15, 0.2) is 41.3 Å². The number of pyridine rings is 1. The zero-order valence-electron chi connectivity index (χ0n) is 16.8. The summed E-state index contributed by atoms with van der Waals surface area (Å²) >= 11 is 0. The molecule has 0 saturated carbocycles. The Morgan fingerprint density at radius 2 is 2.10 bits per heavy atom. The van der Waals surface area contributed by atoms with Gasteiger partial charge in [0.1, 0.15) is 17.5 Å². The van der Waals surface area contributed by atoms with E-state index in [4.69, 9.17) is 4.74 Å². The minimum absolute atomic E-state index is 0.0193. The van der Waals surface area contributed by atoms with Gasteiger partial charge in [0.05, 0.1) is 24.3 Å². The van der Waals surface area contributed by atoms with Gasteiger partial charge < -0.3 is 19.2 Å². The van der Waals surface area contributed by atoms with E-state index in [0.717, 1.165) is 5.56 Å². The quantitative estimate of drug-likeness (QED) is 0.419. The number of unbranched alkanes of at least 4 members (excludes halogenated alkanes) is 1. The van der Waals surface area contributed by atoms with Crippen molar-refractivity contribution in [3.8, 4) is 11.8 Å². The lowest BCUT2D eigenvalue weighted by Crippen LogP contribution is -2.52. The molecule has 0 amide bonds. The molecule has 1 aliphatic heterocycles. The molecule has 2 unspecified atom stereocenters. The van der Waals surface area contributed by atoms with Crippen LogP contribution >= 0.6 is 0 Å². The number of hydrogen-bond acceptors (Lipinski definition) is 7. The Morgan fingerprint density at radius 3 is 2.77 bits per heavy atom. The Labute approximate surface area is 173 Å². The Morgan fingerprint density at radius 1 is 1.33 bits per heavy atom. The van der Waals surface area contributed by atoms with Crippen molar-refractivity contribution in [2.45, 2.75) is 50.9 Å². The summed E-state index contributed by atoms with van der Waals surface area (Å²) in [5, 5.41) is 29.5. The molecule has 2 heterocycles. The first kappa shape index (κ1) is 21.3. The zero-order valence-corrected chi connectivity index (χ0v) is 16.8. The van der Waals surface area contributed by atoms with Gasteiger partial charge in [-0.05, 0) is 62.9 Å². The van der Waals surface area contributed by atoms with Gasteiger partial charge in [-0.2, -0.15) is 5.26 Å². The summed E-state index contributed by atoms with van der Waals surface area (Å²) in [6, 6.07) is 9.61. The van der Waals surface area contributed by atoms with Crippen LogP contribution in [0.5, 0.6) is 5.75 Å². The van der Waals surface area contributed by atoms with Gasteiger partial charge in [-0.25, -0.2) is 0 Å². The fraction of sp³-hybridized carbons (Fsp3) is 0.429. The number of aryl methyl sites for hydroxylation is 1. The van der Waals surface area contributed by atoms with Gasteiger partial charge in [0.2, 0.25) is 0 Å². The van der Waals surface area contributed by atoms with E-state index in [0.29, 0.717) is 36.1 Å². The molecule has 2 aromatic rings. The number of aliphatic hydroxyl groups is 1. The third kappa shape index (κ3) is 4.44. The van der Waals surface area contributed by atoms with Crippen LogP contribution in [-0.4, -0.2) is 33.1 Å². The van der Waals surface area contributed by atoms with Crippen molar-refractivity contribution in [1.29, 1.82) is 5.26 Å². The van der Waals surface area contributed by atoms with E-state index < -0.39 is 22.8 Å². The van der Waals surface area contributed by atoms with Crippen LogP contribution in [0.4, 0.5) is 0 Å². The Kier molecular flexibility index (Phi) is 6.08. The van der Waals surface area contributed by atoms with Gasteiger partial charge in [-0.1, -0.05) is 0 Å². The number of nitrogens with zero attached hydrogens (tertiary/aromatic N) is 3. The molecular weight excluding hydrogens is 390 g/mol. The van der Waals surface area contributed by atoms with Crippen molar-refractivity contribution < 1.29 is 19.8 Å². The van der Waals surface area contributed by atoms with Crippen molar-refractivity contribution in [3.05, 3.63) is 73.7 Å². The summed E-state index contributed by atoms with van der Waals surface area (Å²) in [6.45, 7) is 3.52. The van der Waals surface area contributed by atoms with Gasteiger partial charge in [0.15, 0.2) is 0 Å². The highest BCUT2D eigenvalue weighted by Gasteiger charge is 2.44. The minimum Gasteiger partial charge on any atom is -0.485 e. The molecule has 1 aromatic heterocycles. The van der Waals surface area contributed by atoms with Crippen LogP contribution in [0, 0.1) is 21.4 Å². The van der Waals surface area contributed by atoms with Crippen LogP contribution in [0.2, 0.25) is 0 Å². The van der Waals surface area contributed by atoms with Crippen molar-refractivity contribution in [2.24, 2.45) is 0 Å². The normalized spacial score (nSPS) is 19.3. The summed E-state index contributed by atoms with van der Waals surface area (Å²) < 4.78 is 7.36. The molecule has 3 rings (SSSR count). The summed E-state index contributed by atoms with van der Waals surface area (Å²) in [6.07, 6.45) is 2.33. The molecule has 1 N–H and O–H groups in total.